The number of para-hydroxylation sites is 1. The van der Waals surface area contributed by atoms with Crippen molar-refractivity contribution in [3.63, 3.8) is 0 Å². The summed E-state index contributed by atoms with van der Waals surface area (Å²) in [4.78, 5) is 3.61. The van der Waals surface area contributed by atoms with Gasteiger partial charge in [-0.1, -0.05) is 30.0 Å². The van der Waals surface area contributed by atoms with E-state index in [1.807, 2.05) is 23.9 Å². The summed E-state index contributed by atoms with van der Waals surface area (Å²) in [6.45, 7) is 4.70. The van der Waals surface area contributed by atoms with Gasteiger partial charge in [-0.3, -0.25) is 0 Å². The van der Waals surface area contributed by atoms with E-state index in [0.29, 0.717) is 0 Å². The molecule has 0 aliphatic carbocycles. The van der Waals surface area contributed by atoms with E-state index in [9.17, 15) is 0 Å². The highest BCUT2D eigenvalue weighted by atomic mass is 32.2. The maximum atomic E-state index is 3.87. The second kappa shape index (κ2) is 5.55. The molecule has 1 aliphatic heterocycles. The summed E-state index contributed by atoms with van der Waals surface area (Å²) in [5, 5.41) is 1.24. The van der Waals surface area contributed by atoms with Gasteiger partial charge in [0.1, 0.15) is 7.05 Å². The van der Waals surface area contributed by atoms with Crippen LogP contribution in [0.5, 0.6) is 0 Å². The number of anilines is 1. The lowest BCUT2D eigenvalue weighted by molar-refractivity contribution is -0.673. The van der Waals surface area contributed by atoms with Crippen molar-refractivity contribution in [1.29, 1.82) is 0 Å². The van der Waals surface area contributed by atoms with Gasteiger partial charge in [0.25, 0.3) is 0 Å². The third-order valence-electron chi connectivity index (χ3n) is 3.31. The zero-order chi connectivity index (χ0) is 13.9. The zero-order valence-corrected chi connectivity index (χ0v) is 12.3. The molecule has 20 heavy (non-hydrogen) atoms. The third-order valence-corrected chi connectivity index (χ3v) is 4.43. The van der Waals surface area contributed by atoms with Crippen LogP contribution in [0.15, 0.2) is 71.2 Å². The van der Waals surface area contributed by atoms with E-state index in [1.165, 1.54) is 21.3 Å². The van der Waals surface area contributed by atoms with E-state index < -0.39 is 0 Å². The Hall–Kier alpha value is -2.00. The Kier molecular flexibility index (Phi) is 3.61. The van der Waals surface area contributed by atoms with Crippen LogP contribution in [-0.4, -0.2) is 6.54 Å². The lowest BCUT2D eigenvalue weighted by Crippen LogP contribution is -2.31. The number of benzene rings is 1. The van der Waals surface area contributed by atoms with Crippen molar-refractivity contribution in [3.8, 4) is 0 Å². The summed E-state index contributed by atoms with van der Waals surface area (Å²) in [5.74, 6) is 0. The standard InChI is InChI=1S/C17H17N2S/c1-3-11-19-15-9-4-5-10-16(15)20-17(19)13-14-8-6-7-12-18(14)2/h3-10,12-13H,1,11H2,2H3/q+1. The van der Waals surface area contributed by atoms with Gasteiger partial charge in [0.15, 0.2) is 6.20 Å². The highest BCUT2D eigenvalue weighted by molar-refractivity contribution is 8.03. The molecule has 0 spiro atoms. The third kappa shape index (κ3) is 2.37. The van der Waals surface area contributed by atoms with E-state index in [-0.39, 0.29) is 0 Å². The fourth-order valence-corrected chi connectivity index (χ4v) is 3.41. The summed E-state index contributed by atoms with van der Waals surface area (Å²) >= 11 is 1.81. The first-order chi connectivity index (χ1) is 9.79. The van der Waals surface area contributed by atoms with Crippen molar-refractivity contribution in [3.05, 3.63) is 72.0 Å². The molecule has 0 amide bonds. The quantitative estimate of drug-likeness (QED) is 0.627. The molecule has 3 rings (SSSR count). The topological polar surface area (TPSA) is 7.12 Å². The number of rotatable bonds is 3. The van der Waals surface area contributed by atoms with Gasteiger partial charge in [-0.05, 0) is 18.2 Å². The molecule has 0 bridgehead atoms. The highest BCUT2D eigenvalue weighted by Gasteiger charge is 2.24. The molecule has 100 valence electrons. The van der Waals surface area contributed by atoms with Crippen LogP contribution >= 0.6 is 11.8 Å². The van der Waals surface area contributed by atoms with E-state index in [4.69, 9.17) is 0 Å². The smallest absolute Gasteiger partial charge is 0.207 e. The Balaban J connectivity index is 2.02. The van der Waals surface area contributed by atoms with Gasteiger partial charge >= 0.3 is 0 Å². The van der Waals surface area contributed by atoms with Crippen molar-refractivity contribution in [2.45, 2.75) is 4.90 Å². The number of nitrogens with zero attached hydrogens (tertiary/aromatic N) is 2. The number of pyridine rings is 1. The van der Waals surface area contributed by atoms with Crippen LogP contribution < -0.4 is 9.47 Å². The Labute approximate surface area is 124 Å². The first-order valence-corrected chi connectivity index (χ1v) is 7.43. The molecule has 0 atom stereocenters. The second-order valence-electron chi connectivity index (χ2n) is 4.69. The Bertz CT molecular complexity index is 676. The van der Waals surface area contributed by atoms with Crippen molar-refractivity contribution < 1.29 is 4.57 Å². The molecule has 2 nitrogen and oxygen atoms in total. The SMILES string of the molecule is C=CCN1/C(=C\c2cccc[n+]2C)Sc2ccccc21. The maximum absolute atomic E-state index is 3.87. The number of fused-ring (bicyclic) bond motifs is 1. The molecule has 0 fully saturated rings. The van der Waals surface area contributed by atoms with E-state index in [0.717, 1.165) is 6.54 Å². The van der Waals surface area contributed by atoms with Crippen molar-refractivity contribution in [1.82, 2.24) is 0 Å². The number of hydrogen-bond acceptors (Lipinski definition) is 2. The molecule has 2 heterocycles. The molecule has 2 aromatic rings. The van der Waals surface area contributed by atoms with Crippen LogP contribution in [0.1, 0.15) is 5.69 Å². The van der Waals surface area contributed by atoms with Gasteiger partial charge in [0.05, 0.1) is 10.7 Å². The Morgan fingerprint density at radius 1 is 1.20 bits per heavy atom. The van der Waals surface area contributed by atoms with Gasteiger partial charge in [-0.2, -0.15) is 0 Å². The number of hydrogen-bond donors (Lipinski definition) is 0. The largest absolute Gasteiger partial charge is 0.331 e. The molecular formula is C17H17N2S+. The highest BCUT2D eigenvalue weighted by Crippen LogP contribution is 2.46. The minimum atomic E-state index is 0.826. The lowest BCUT2D eigenvalue weighted by atomic mass is 10.3. The van der Waals surface area contributed by atoms with Crippen molar-refractivity contribution in [2.75, 3.05) is 11.4 Å². The minimum Gasteiger partial charge on any atom is -0.331 e. The summed E-state index contributed by atoms with van der Waals surface area (Å²) in [6, 6.07) is 14.7. The van der Waals surface area contributed by atoms with Crippen molar-refractivity contribution >= 4 is 23.5 Å². The predicted octanol–water partition coefficient (Wildman–Crippen LogP) is 3.61. The molecule has 3 heteroatoms. The molecule has 0 saturated heterocycles. The lowest BCUT2D eigenvalue weighted by Gasteiger charge is -2.17. The van der Waals surface area contributed by atoms with Crippen LogP contribution in [-0.2, 0) is 7.05 Å². The first-order valence-electron chi connectivity index (χ1n) is 6.61. The first kappa shape index (κ1) is 13.0. The van der Waals surface area contributed by atoms with Gasteiger partial charge < -0.3 is 4.90 Å². The monoisotopic (exact) mass is 281 g/mol. The molecule has 0 saturated carbocycles. The summed E-state index contributed by atoms with van der Waals surface area (Å²) < 4.78 is 2.13. The van der Waals surface area contributed by atoms with E-state index >= 15 is 0 Å². The average Bonchev–Trinajstić information content (AvgIpc) is 2.80. The Morgan fingerprint density at radius 2 is 2.00 bits per heavy atom. The van der Waals surface area contributed by atoms with Crippen molar-refractivity contribution in [2.24, 2.45) is 7.05 Å². The van der Waals surface area contributed by atoms with Gasteiger partial charge in [-0.15, -0.1) is 6.58 Å². The number of thioether (sulfide) groups is 1. The van der Waals surface area contributed by atoms with Crippen LogP contribution in [0.4, 0.5) is 5.69 Å². The van der Waals surface area contributed by atoms with Crippen LogP contribution in [0, 0.1) is 0 Å². The van der Waals surface area contributed by atoms with Gasteiger partial charge in [-0.25, -0.2) is 4.57 Å². The van der Waals surface area contributed by atoms with E-state index in [2.05, 4.69) is 71.8 Å². The predicted molar refractivity (Wildman–Crippen MR) is 85.4 cm³/mol. The molecule has 1 aliphatic rings. The molecule has 0 radical (unpaired) electrons. The normalized spacial score (nSPS) is 15.4. The molecule has 0 unspecified atom stereocenters. The van der Waals surface area contributed by atoms with Crippen LogP contribution in [0.25, 0.3) is 6.08 Å². The number of aromatic nitrogens is 1. The fraction of sp³-hybridized carbons (Fsp3) is 0.118. The molecule has 0 N–H and O–H groups in total. The van der Waals surface area contributed by atoms with Crippen LogP contribution in [0.2, 0.25) is 0 Å². The van der Waals surface area contributed by atoms with Crippen LogP contribution in [0.3, 0.4) is 0 Å². The molecule has 1 aromatic heterocycles. The molecule has 1 aromatic carbocycles. The fourth-order valence-electron chi connectivity index (χ4n) is 2.29. The van der Waals surface area contributed by atoms with Gasteiger partial charge in [0.2, 0.25) is 5.69 Å². The summed E-state index contributed by atoms with van der Waals surface area (Å²) in [7, 11) is 2.07. The second-order valence-corrected chi connectivity index (χ2v) is 5.75. The average molecular weight is 281 g/mol. The van der Waals surface area contributed by atoms with Gasteiger partial charge in [0, 0.05) is 29.6 Å². The minimum absolute atomic E-state index is 0.826. The zero-order valence-electron chi connectivity index (χ0n) is 11.5. The Morgan fingerprint density at radius 3 is 2.80 bits per heavy atom. The number of aryl methyl sites for hydroxylation is 1. The summed E-state index contributed by atoms with van der Waals surface area (Å²) in [6.07, 6.45) is 6.24. The molecular weight excluding hydrogens is 264 g/mol. The maximum Gasteiger partial charge on any atom is 0.207 e. The summed E-state index contributed by atoms with van der Waals surface area (Å²) in [5.41, 5.74) is 2.46. The van der Waals surface area contributed by atoms with E-state index in [1.54, 1.807) is 0 Å².